The van der Waals surface area contributed by atoms with E-state index in [4.69, 9.17) is 4.74 Å². The molecule has 1 heterocycles. The Bertz CT molecular complexity index is 204. The van der Waals surface area contributed by atoms with Crippen LogP contribution in [0.15, 0.2) is 11.6 Å². The molecular weight excluding hydrogens is 190 g/mol. The monoisotopic (exact) mass is 205 g/mol. The molecule has 0 aromatic heterocycles. The average molecular weight is 206 g/mol. The molecule has 1 aliphatic rings. The Labute approximate surface area is 85.2 Å². The third-order valence-corrected chi connectivity index (χ3v) is 1.88. The van der Waals surface area contributed by atoms with Gasteiger partial charge in [0.2, 0.25) is 0 Å². The minimum absolute atomic E-state index is 0. The second kappa shape index (κ2) is 6.00. The molecule has 0 aromatic carbocycles. The first-order chi connectivity index (χ1) is 5.68. The van der Waals surface area contributed by atoms with E-state index in [0.29, 0.717) is 6.61 Å². The first-order valence-electron chi connectivity index (χ1n) is 4.18. The van der Waals surface area contributed by atoms with E-state index >= 15 is 0 Å². The average Bonchev–Trinajstić information content (AvgIpc) is 2.01. The van der Waals surface area contributed by atoms with Crippen molar-refractivity contribution < 1.29 is 9.53 Å². The lowest BCUT2D eigenvalue weighted by atomic mass is 10.1. The molecular formula is C9H16ClNO2. The molecule has 0 radical (unpaired) electrons. The molecule has 1 aliphatic heterocycles. The molecule has 0 aliphatic carbocycles. The summed E-state index contributed by atoms with van der Waals surface area (Å²) >= 11 is 0. The Balaban J connectivity index is 0.00000144. The van der Waals surface area contributed by atoms with Gasteiger partial charge in [-0.15, -0.1) is 12.4 Å². The summed E-state index contributed by atoms with van der Waals surface area (Å²) in [4.78, 5) is 12.7. The Hall–Kier alpha value is -0.540. The van der Waals surface area contributed by atoms with Crippen LogP contribution >= 0.6 is 12.4 Å². The molecule has 0 unspecified atom stereocenters. The van der Waals surface area contributed by atoms with Gasteiger partial charge in [-0.2, -0.15) is 0 Å². The highest BCUT2D eigenvalue weighted by molar-refractivity contribution is 5.85. The third kappa shape index (κ3) is 4.90. The summed E-state index contributed by atoms with van der Waals surface area (Å²) in [5.41, 5.74) is 1.21. The van der Waals surface area contributed by atoms with Gasteiger partial charge in [0.1, 0.15) is 6.61 Å². The molecule has 0 atom stereocenters. The van der Waals surface area contributed by atoms with Crippen molar-refractivity contribution in [2.45, 2.75) is 13.3 Å². The normalized spacial score (nSPS) is 17.2. The number of carbonyl (C=O) groups is 1. The van der Waals surface area contributed by atoms with Crippen LogP contribution in [-0.4, -0.2) is 37.6 Å². The van der Waals surface area contributed by atoms with Crippen LogP contribution in [0.5, 0.6) is 0 Å². The molecule has 4 heteroatoms. The fourth-order valence-corrected chi connectivity index (χ4v) is 1.28. The van der Waals surface area contributed by atoms with Crippen LogP contribution in [0, 0.1) is 0 Å². The first-order valence-corrected chi connectivity index (χ1v) is 4.18. The van der Waals surface area contributed by atoms with Crippen molar-refractivity contribution in [3.63, 3.8) is 0 Å². The van der Waals surface area contributed by atoms with Crippen LogP contribution in [0.1, 0.15) is 13.3 Å². The van der Waals surface area contributed by atoms with E-state index in [0.717, 1.165) is 19.5 Å². The van der Waals surface area contributed by atoms with Crippen molar-refractivity contribution in [2.24, 2.45) is 0 Å². The fourth-order valence-electron chi connectivity index (χ4n) is 1.28. The Morgan fingerprint density at radius 1 is 1.69 bits per heavy atom. The van der Waals surface area contributed by atoms with E-state index in [1.165, 1.54) is 12.5 Å². The van der Waals surface area contributed by atoms with E-state index < -0.39 is 0 Å². The maximum atomic E-state index is 10.5. The van der Waals surface area contributed by atoms with Crippen LogP contribution < -0.4 is 0 Å². The summed E-state index contributed by atoms with van der Waals surface area (Å²) in [6.45, 7) is 3.92. The Morgan fingerprint density at radius 2 is 2.38 bits per heavy atom. The molecule has 0 saturated heterocycles. The van der Waals surface area contributed by atoms with Crippen molar-refractivity contribution in [2.75, 3.05) is 26.7 Å². The van der Waals surface area contributed by atoms with Gasteiger partial charge in [0, 0.05) is 20.0 Å². The fraction of sp³-hybridized carbons (Fsp3) is 0.667. The molecule has 0 saturated carbocycles. The number of nitrogens with zero attached hydrogens (tertiary/aromatic N) is 1. The Morgan fingerprint density at radius 3 is 2.92 bits per heavy atom. The van der Waals surface area contributed by atoms with Crippen LogP contribution in [0.25, 0.3) is 0 Å². The van der Waals surface area contributed by atoms with Crippen molar-refractivity contribution in [1.82, 2.24) is 4.90 Å². The van der Waals surface area contributed by atoms with Gasteiger partial charge in [-0.25, -0.2) is 0 Å². The predicted octanol–water partition coefficient (Wildman–Crippen LogP) is 1.23. The molecule has 0 spiro atoms. The largest absolute Gasteiger partial charge is 0.461 e. The van der Waals surface area contributed by atoms with Crippen molar-refractivity contribution in [3.05, 3.63) is 11.6 Å². The zero-order chi connectivity index (χ0) is 8.97. The van der Waals surface area contributed by atoms with E-state index in [9.17, 15) is 4.79 Å². The summed E-state index contributed by atoms with van der Waals surface area (Å²) in [6.07, 6.45) is 3.22. The SMILES string of the molecule is CC(=O)OCC1=CCCN(C)C1.Cl. The Kier molecular flexibility index (Phi) is 5.75. The highest BCUT2D eigenvalue weighted by Crippen LogP contribution is 2.07. The van der Waals surface area contributed by atoms with Crippen LogP contribution in [-0.2, 0) is 9.53 Å². The number of ether oxygens (including phenoxy) is 1. The van der Waals surface area contributed by atoms with Gasteiger partial charge < -0.3 is 9.64 Å². The number of hydrogen-bond donors (Lipinski definition) is 0. The van der Waals surface area contributed by atoms with Gasteiger partial charge >= 0.3 is 5.97 Å². The zero-order valence-electron chi connectivity index (χ0n) is 8.08. The summed E-state index contributed by atoms with van der Waals surface area (Å²) in [6, 6.07) is 0. The van der Waals surface area contributed by atoms with Gasteiger partial charge in [0.15, 0.2) is 0 Å². The van der Waals surface area contributed by atoms with Gasteiger partial charge in [-0.3, -0.25) is 4.79 Å². The second-order valence-corrected chi connectivity index (χ2v) is 3.17. The number of esters is 1. The molecule has 1 rings (SSSR count). The lowest BCUT2D eigenvalue weighted by Gasteiger charge is -2.22. The number of hydrogen-bond acceptors (Lipinski definition) is 3. The molecule has 0 amide bonds. The van der Waals surface area contributed by atoms with E-state index in [1.54, 1.807) is 0 Å². The molecule has 3 nitrogen and oxygen atoms in total. The van der Waals surface area contributed by atoms with Crippen LogP contribution in [0.4, 0.5) is 0 Å². The van der Waals surface area contributed by atoms with Crippen LogP contribution in [0.3, 0.4) is 0 Å². The maximum absolute atomic E-state index is 10.5. The number of rotatable bonds is 2. The summed E-state index contributed by atoms with van der Waals surface area (Å²) in [5, 5.41) is 0. The molecule has 76 valence electrons. The minimum Gasteiger partial charge on any atom is -0.461 e. The number of carbonyl (C=O) groups excluding carboxylic acids is 1. The van der Waals surface area contributed by atoms with E-state index in [1.807, 2.05) is 0 Å². The van der Waals surface area contributed by atoms with Gasteiger partial charge in [-0.1, -0.05) is 6.08 Å². The molecule has 0 bridgehead atoms. The van der Waals surface area contributed by atoms with Gasteiger partial charge in [-0.05, 0) is 19.0 Å². The molecule has 0 fully saturated rings. The quantitative estimate of drug-likeness (QED) is 0.502. The molecule has 13 heavy (non-hydrogen) atoms. The van der Waals surface area contributed by atoms with E-state index in [2.05, 4.69) is 18.0 Å². The van der Waals surface area contributed by atoms with Crippen LogP contribution in [0.2, 0.25) is 0 Å². The summed E-state index contributed by atoms with van der Waals surface area (Å²) in [5.74, 6) is -0.205. The highest BCUT2D eigenvalue weighted by Gasteiger charge is 2.08. The molecule has 0 N–H and O–H groups in total. The summed E-state index contributed by atoms with van der Waals surface area (Å²) < 4.78 is 4.90. The second-order valence-electron chi connectivity index (χ2n) is 3.17. The minimum atomic E-state index is -0.205. The maximum Gasteiger partial charge on any atom is 0.302 e. The standard InChI is InChI=1S/C9H15NO2.ClH/c1-8(11)12-7-9-4-3-5-10(2)6-9;/h4H,3,5-7H2,1-2H3;1H. The van der Waals surface area contributed by atoms with Crippen molar-refractivity contribution >= 4 is 18.4 Å². The van der Waals surface area contributed by atoms with Gasteiger partial charge in [0.25, 0.3) is 0 Å². The zero-order valence-corrected chi connectivity index (χ0v) is 8.89. The summed E-state index contributed by atoms with van der Waals surface area (Å²) in [7, 11) is 2.07. The lowest BCUT2D eigenvalue weighted by Crippen LogP contribution is -2.27. The van der Waals surface area contributed by atoms with Crippen molar-refractivity contribution in [3.8, 4) is 0 Å². The highest BCUT2D eigenvalue weighted by atomic mass is 35.5. The smallest absolute Gasteiger partial charge is 0.302 e. The van der Waals surface area contributed by atoms with Crippen molar-refractivity contribution in [1.29, 1.82) is 0 Å². The molecule has 0 aromatic rings. The van der Waals surface area contributed by atoms with Gasteiger partial charge in [0.05, 0.1) is 0 Å². The lowest BCUT2D eigenvalue weighted by molar-refractivity contribution is -0.140. The topological polar surface area (TPSA) is 29.5 Å². The third-order valence-electron chi connectivity index (χ3n) is 1.88. The first kappa shape index (κ1) is 12.5. The number of likely N-dealkylation sites (N-methyl/N-ethyl adjacent to an activating group) is 1. The predicted molar refractivity (Wildman–Crippen MR) is 54.1 cm³/mol. The number of halogens is 1. The van der Waals surface area contributed by atoms with E-state index in [-0.39, 0.29) is 18.4 Å².